The molecule has 2 aromatic rings. The monoisotopic (exact) mass is 340 g/mol. The van der Waals surface area contributed by atoms with Crippen LogP contribution in [-0.2, 0) is 5.41 Å². The Labute approximate surface area is 145 Å². The van der Waals surface area contributed by atoms with E-state index in [9.17, 15) is 9.18 Å². The van der Waals surface area contributed by atoms with Gasteiger partial charge < -0.3 is 5.11 Å². The topological polar surface area (TPSA) is 37.3 Å². The molecule has 1 heterocycles. The summed E-state index contributed by atoms with van der Waals surface area (Å²) < 4.78 is 13.9. The lowest BCUT2D eigenvalue weighted by atomic mass is 9.81. The van der Waals surface area contributed by atoms with Crippen molar-refractivity contribution in [1.29, 1.82) is 0 Å². The van der Waals surface area contributed by atoms with Crippen LogP contribution >= 0.6 is 11.8 Å². The van der Waals surface area contributed by atoms with Crippen LogP contribution in [0, 0.1) is 17.7 Å². The van der Waals surface area contributed by atoms with Crippen molar-refractivity contribution in [2.24, 2.45) is 0 Å². The number of hydrogen-bond donors (Lipinski definition) is 1. The number of thioether (sulfide) groups is 1. The number of benzene rings is 2. The third kappa shape index (κ3) is 3.32. The zero-order valence-corrected chi connectivity index (χ0v) is 14.3. The van der Waals surface area contributed by atoms with Gasteiger partial charge in [-0.2, -0.15) is 0 Å². The molecule has 1 N–H and O–H groups in total. The summed E-state index contributed by atoms with van der Waals surface area (Å²) in [7, 11) is 0. The number of halogens is 1. The standard InChI is InChI=1S/C20H17FO2S/c1-20(2)9-10-24-18-8-4-13(11-16(18)20)3-5-14-6-7-15(19(22)23)12-17(14)21/h4,6-8,11-12H,9-10H2,1-2H3,(H,22,23). The second kappa shape index (κ2) is 6.33. The maximum absolute atomic E-state index is 13.9. The van der Waals surface area contributed by atoms with Gasteiger partial charge in [0.05, 0.1) is 11.1 Å². The highest BCUT2D eigenvalue weighted by molar-refractivity contribution is 7.99. The molecule has 0 spiro atoms. The Balaban J connectivity index is 1.93. The minimum atomic E-state index is -1.15. The van der Waals surface area contributed by atoms with Crippen LogP contribution in [0.4, 0.5) is 4.39 Å². The molecule has 0 bridgehead atoms. The van der Waals surface area contributed by atoms with Gasteiger partial charge in [0.1, 0.15) is 5.82 Å². The zero-order valence-electron chi connectivity index (χ0n) is 13.5. The molecule has 24 heavy (non-hydrogen) atoms. The molecule has 0 aromatic heterocycles. The van der Waals surface area contributed by atoms with Gasteiger partial charge in [-0.1, -0.05) is 25.7 Å². The molecule has 4 heteroatoms. The quantitative estimate of drug-likeness (QED) is 0.765. The fourth-order valence-corrected chi connectivity index (χ4v) is 4.19. The first-order chi connectivity index (χ1) is 11.4. The summed E-state index contributed by atoms with van der Waals surface area (Å²) in [4.78, 5) is 12.1. The van der Waals surface area contributed by atoms with Crippen molar-refractivity contribution in [2.45, 2.75) is 30.6 Å². The van der Waals surface area contributed by atoms with Crippen molar-refractivity contribution in [2.75, 3.05) is 5.75 Å². The molecular formula is C20H17FO2S. The van der Waals surface area contributed by atoms with E-state index in [1.807, 2.05) is 17.8 Å². The summed E-state index contributed by atoms with van der Waals surface area (Å²) >= 11 is 1.86. The van der Waals surface area contributed by atoms with E-state index in [0.717, 1.165) is 23.8 Å². The third-order valence-corrected chi connectivity index (χ3v) is 5.33. The van der Waals surface area contributed by atoms with Gasteiger partial charge in [0.25, 0.3) is 0 Å². The summed E-state index contributed by atoms with van der Waals surface area (Å²) in [5.74, 6) is 5.15. The van der Waals surface area contributed by atoms with Crippen LogP contribution in [0.1, 0.15) is 47.3 Å². The normalized spacial score (nSPS) is 15.1. The average molecular weight is 340 g/mol. The van der Waals surface area contributed by atoms with Gasteiger partial charge in [-0.05, 0) is 59.6 Å². The molecule has 0 saturated carbocycles. The first-order valence-corrected chi connectivity index (χ1v) is 8.67. The number of aromatic carboxylic acids is 1. The van der Waals surface area contributed by atoms with Crippen molar-refractivity contribution in [3.8, 4) is 11.8 Å². The molecule has 0 saturated heterocycles. The van der Waals surface area contributed by atoms with Crippen molar-refractivity contribution in [1.82, 2.24) is 0 Å². The molecule has 0 radical (unpaired) electrons. The molecular weight excluding hydrogens is 323 g/mol. The van der Waals surface area contributed by atoms with E-state index in [-0.39, 0.29) is 16.5 Å². The fourth-order valence-electron chi connectivity index (χ4n) is 2.70. The van der Waals surface area contributed by atoms with Crippen molar-refractivity contribution >= 4 is 17.7 Å². The number of fused-ring (bicyclic) bond motifs is 1. The SMILES string of the molecule is CC1(C)CCSc2ccc(C#Cc3ccc(C(=O)O)cc3F)cc21. The van der Waals surface area contributed by atoms with Crippen LogP contribution in [-0.4, -0.2) is 16.8 Å². The number of rotatable bonds is 1. The molecule has 122 valence electrons. The maximum Gasteiger partial charge on any atom is 0.335 e. The largest absolute Gasteiger partial charge is 0.478 e. The van der Waals surface area contributed by atoms with E-state index in [2.05, 4.69) is 37.8 Å². The molecule has 0 aliphatic carbocycles. The second-order valence-electron chi connectivity index (χ2n) is 6.44. The van der Waals surface area contributed by atoms with Crippen molar-refractivity contribution in [3.63, 3.8) is 0 Å². The highest BCUT2D eigenvalue weighted by atomic mass is 32.2. The Morgan fingerprint density at radius 3 is 2.71 bits per heavy atom. The van der Waals surface area contributed by atoms with Crippen molar-refractivity contribution < 1.29 is 14.3 Å². The summed E-state index contributed by atoms with van der Waals surface area (Å²) in [6.45, 7) is 4.46. The van der Waals surface area contributed by atoms with Crippen LogP contribution in [0.5, 0.6) is 0 Å². The average Bonchev–Trinajstić information content (AvgIpc) is 2.53. The Bertz CT molecular complexity index is 875. The molecule has 2 aromatic carbocycles. The zero-order chi connectivity index (χ0) is 17.3. The van der Waals surface area contributed by atoms with Gasteiger partial charge in [0.2, 0.25) is 0 Å². The minimum Gasteiger partial charge on any atom is -0.478 e. The third-order valence-electron chi connectivity index (χ3n) is 4.25. The Morgan fingerprint density at radius 1 is 1.21 bits per heavy atom. The van der Waals surface area contributed by atoms with E-state index < -0.39 is 11.8 Å². The lowest BCUT2D eigenvalue weighted by molar-refractivity contribution is 0.0696. The Morgan fingerprint density at radius 2 is 2.00 bits per heavy atom. The van der Waals surface area contributed by atoms with Gasteiger partial charge in [-0.3, -0.25) is 0 Å². The molecule has 0 unspecified atom stereocenters. The van der Waals surface area contributed by atoms with E-state index in [0.29, 0.717) is 0 Å². The summed E-state index contributed by atoms with van der Waals surface area (Å²) in [5.41, 5.74) is 2.36. The number of hydrogen-bond acceptors (Lipinski definition) is 2. The van der Waals surface area contributed by atoms with E-state index >= 15 is 0 Å². The van der Waals surface area contributed by atoms with Gasteiger partial charge in [0.15, 0.2) is 0 Å². The van der Waals surface area contributed by atoms with Crippen LogP contribution in [0.15, 0.2) is 41.3 Å². The van der Waals surface area contributed by atoms with Crippen molar-refractivity contribution in [3.05, 3.63) is 64.5 Å². The van der Waals surface area contributed by atoms with Gasteiger partial charge in [-0.25, -0.2) is 9.18 Å². The maximum atomic E-state index is 13.9. The summed E-state index contributed by atoms with van der Waals surface area (Å²) in [6, 6.07) is 9.88. The number of carboxylic acids is 1. The predicted octanol–water partition coefficient (Wildman–Crippen LogP) is 4.70. The molecule has 0 fully saturated rings. The fraction of sp³-hybridized carbons (Fsp3) is 0.250. The first-order valence-electron chi connectivity index (χ1n) is 7.69. The molecule has 1 aliphatic rings. The van der Waals surface area contributed by atoms with Crippen LogP contribution in [0.2, 0.25) is 0 Å². The smallest absolute Gasteiger partial charge is 0.335 e. The van der Waals surface area contributed by atoms with Crippen LogP contribution in [0.25, 0.3) is 0 Å². The van der Waals surface area contributed by atoms with Gasteiger partial charge in [0, 0.05) is 10.5 Å². The summed E-state index contributed by atoms with van der Waals surface area (Å²) in [6.07, 6.45) is 1.12. The Hall–Kier alpha value is -2.25. The van der Waals surface area contributed by atoms with E-state index in [1.165, 1.54) is 22.6 Å². The summed E-state index contributed by atoms with van der Waals surface area (Å²) in [5, 5.41) is 8.86. The predicted molar refractivity (Wildman–Crippen MR) is 94.1 cm³/mol. The minimum absolute atomic E-state index is 0.0781. The first kappa shape index (κ1) is 16.6. The number of carbonyl (C=O) groups is 1. The lowest BCUT2D eigenvalue weighted by Crippen LogP contribution is -2.22. The molecule has 0 atom stereocenters. The highest BCUT2D eigenvalue weighted by Crippen LogP contribution is 2.41. The molecule has 2 nitrogen and oxygen atoms in total. The van der Waals surface area contributed by atoms with Gasteiger partial charge in [-0.15, -0.1) is 11.8 Å². The van der Waals surface area contributed by atoms with Crippen LogP contribution in [0.3, 0.4) is 0 Å². The molecule has 3 rings (SSSR count). The van der Waals surface area contributed by atoms with E-state index in [4.69, 9.17) is 5.11 Å². The second-order valence-corrected chi connectivity index (χ2v) is 7.58. The van der Waals surface area contributed by atoms with Crippen LogP contribution < -0.4 is 0 Å². The lowest BCUT2D eigenvalue weighted by Gasteiger charge is -2.32. The molecule has 0 amide bonds. The molecule has 1 aliphatic heterocycles. The number of carboxylic acid groups (broad SMARTS) is 1. The van der Waals surface area contributed by atoms with E-state index in [1.54, 1.807) is 0 Å². The Kier molecular flexibility index (Phi) is 4.38. The highest BCUT2D eigenvalue weighted by Gasteiger charge is 2.27. The van der Waals surface area contributed by atoms with Gasteiger partial charge >= 0.3 is 5.97 Å².